The standard InChI is InChI=1S/C24H22N2O5/c1-30-16-11-12-19(20(14-16)31-2)25-21(27)10-5-13-26-23(28)17-8-3-6-15-7-4-9-18(22(15)17)24(26)29/h3-4,6-9,11-12,14H,5,10,13H2,1-2H3,(H,25,27). The molecular formula is C24H22N2O5. The fourth-order valence-electron chi connectivity index (χ4n) is 3.80. The number of carbonyl (C=O) groups excluding carboxylic acids is 3. The monoisotopic (exact) mass is 418 g/mol. The highest BCUT2D eigenvalue weighted by molar-refractivity contribution is 6.25. The van der Waals surface area contributed by atoms with Gasteiger partial charge in [0.1, 0.15) is 11.5 Å². The SMILES string of the molecule is COc1ccc(NC(=O)CCCN2C(=O)c3cccc4cccc(c34)C2=O)c(OC)c1. The largest absolute Gasteiger partial charge is 0.497 e. The Balaban J connectivity index is 1.42. The molecule has 0 fully saturated rings. The third-order valence-electron chi connectivity index (χ3n) is 5.32. The summed E-state index contributed by atoms with van der Waals surface area (Å²) >= 11 is 0. The maximum atomic E-state index is 12.9. The summed E-state index contributed by atoms with van der Waals surface area (Å²) in [5.41, 5.74) is 1.55. The minimum absolute atomic E-state index is 0.151. The number of nitrogens with zero attached hydrogens (tertiary/aromatic N) is 1. The van der Waals surface area contributed by atoms with Crippen molar-refractivity contribution < 1.29 is 23.9 Å². The van der Waals surface area contributed by atoms with E-state index in [1.165, 1.54) is 12.0 Å². The Bertz CT molecular complexity index is 1140. The molecule has 0 aromatic heterocycles. The van der Waals surface area contributed by atoms with E-state index in [0.717, 1.165) is 5.39 Å². The number of methoxy groups -OCH3 is 2. The number of hydrogen-bond donors (Lipinski definition) is 1. The van der Waals surface area contributed by atoms with E-state index in [2.05, 4.69) is 5.32 Å². The number of hydrogen-bond acceptors (Lipinski definition) is 5. The van der Waals surface area contributed by atoms with Crippen LogP contribution in [0.25, 0.3) is 10.8 Å². The normalized spacial score (nSPS) is 12.8. The molecule has 4 rings (SSSR count). The van der Waals surface area contributed by atoms with E-state index in [0.29, 0.717) is 40.1 Å². The van der Waals surface area contributed by atoms with Crippen molar-refractivity contribution in [2.75, 3.05) is 26.1 Å². The summed E-state index contributed by atoms with van der Waals surface area (Å²) in [5, 5.41) is 4.36. The Hall–Kier alpha value is -3.87. The molecular weight excluding hydrogens is 396 g/mol. The molecule has 0 spiro atoms. The molecule has 0 saturated carbocycles. The summed E-state index contributed by atoms with van der Waals surface area (Å²) in [6.45, 7) is 0.162. The van der Waals surface area contributed by atoms with Gasteiger partial charge in [0.2, 0.25) is 5.91 Å². The number of ether oxygens (including phenoxy) is 2. The zero-order valence-corrected chi connectivity index (χ0v) is 17.3. The van der Waals surface area contributed by atoms with Gasteiger partial charge < -0.3 is 14.8 Å². The predicted molar refractivity (Wildman–Crippen MR) is 117 cm³/mol. The average molecular weight is 418 g/mol. The fourth-order valence-corrected chi connectivity index (χ4v) is 3.80. The predicted octanol–water partition coefficient (Wildman–Crippen LogP) is 3.87. The molecule has 0 bridgehead atoms. The molecule has 1 aliphatic rings. The maximum absolute atomic E-state index is 12.9. The van der Waals surface area contributed by atoms with Crippen LogP contribution in [0.15, 0.2) is 54.6 Å². The number of rotatable bonds is 7. The topological polar surface area (TPSA) is 84.9 Å². The number of nitrogens with one attached hydrogen (secondary N) is 1. The molecule has 0 saturated heterocycles. The smallest absolute Gasteiger partial charge is 0.261 e. The van der Waals surface area contributed by atoms with Crippen molar-refractivity contribution in [3.05, 3.63) is 65.7 Å². The molecule has 0 radical (unpaired) electrons. The molecule has 1 aliphatic heterocycles. The van der Waals surface area contributed by atoms with E-state index in [1.54, 1.807) is 37.4 Å². The average Bonchev–Trinajstić information content (AvgIpc) is 2.79. The molecule has 1 heterocycles. The van der Waals surface area contributed by atoms with Crippen molar-refractivity contribution in [1.82, 2.24) is 4.90 Å². The Kier molecular flexibility index (Phi) is 5.58. The van der Waals surface area contributed by atoms with E-state index >= 15 is 0 Å². The van der Waals surface area contributed by atoms with Gasteiger partial charge in [-0.05, 0) is 36.1 Å². The minimum Gasteiger partial charge on any atom is -0.497 e. The molecule has 7 heteroatoms. The molecule has 0 atom stereocenters. The van der Waals surface area contributed by atoms with Crippen LogP contribution in [-0.2, 0) is 4.79 Å². The maximum Gasteiger partial charge on any atom is 0.261 e. The third kappa shape index (κ3) is 3.82. The van der Waals surface area contributed by atoms with E-state index in [1.807, 2.05) is 24.3 Å². The summed E-state index contributed by atoms with van der Waals surface area (Å²) in [6.07, 6.45) is 0.498. The molecule has 0 aliphatic carbocycles. The van der Waals surface area contributed by atoms with Crippen LogP contribution in [0, 0.1) is 0 Å². The van der Waals surface area contributed by atoms with Gasteiger partial charge in [0.25, 0.3) is 11.8 Å². The van der Waals surface area contributed by atoms with Crippen molar-refractivity contribution in [2.24, 2.45) is 0 Å². The summed E-state index contributed by atoms with van der Waals surface area (Å²) in [5.74, 6) is 0.215. The van der Waals surface area contributed by atoms with Crippen LogP contribution in [0.4, 0.5) is 5.69 Å². The molecule has 0 unspecified atom stereocenters. The third-order valence-corrected chi connectivity index (χ3v) is 5.32. The molecule has 158 valence electrons. The van der Waals surface area contributed by atoms with Gasteiger partial charge in [0, 0.05) is 35.5 Å². The first-order valence-corrected chi connectivity index (χ1v) is 9.93. The van der Waals surface area contributed by atoms with Crippen LogP contribution in [0.2, 0.25) is 0 Å². The van der Waals surface area contributed by atoms with E-state index in [-0.39, 0.29) is 30.7 Å². The Labute approximate surface area is 179 Å². The molecule has 3 amide bonds. The quantitative estimate of drug-likeness (QED) is 0.589. The first-order valence-electron chi connectivity index (χ1n) is 9.93. The van der Waals surface area contributed by atoms with Crippen LogP contribution < -0.4 is 14.8 Å². The molecule has 1 N–H and O–H groups in total. The van der Waals surface area contributed by atoms with Gasteiger partial charge in [-0.25, -0.2) is 0 Å². The zero-order valence-electron chi connectivity index (χ0n) is 17.3. The summed E-state index contributed by atoms with van der Waals surface area (Å²) in [7, 11) is 3.06. The second-order valence-corrected chi connectivity index (χ2v) is 7.19. The molecule has 3 aromatic rings. The van der Waals surface area contributed by atoms with Crippen LogP contribution in [0.3, 0.4) is 0 Å². The number of amides is 3. The van der Waals surface area contributed by atoms with Gasteiger partial charge in [-0.15, -0.1) is 0 Å². The molecule has 7 nitrogen and oxygen atoms in total. The van der Waals surface area contributed by atoms with Crippen molar-refractivity contribution in [3.8, 4) is 11.5 Å². The second-order valence-electron chi connectivity index (χ2n) is 7.19. The van der Waals surface area contributed by atoms with Crippen LogP contribution in [-0.4, -0.2) is 43.4 Å². The van der Waals surface area contributed by atoms with Crippen LogP contribution in [0.5, 0.6) is 11.5 Å². The molecule has 31 heavy (non-hydrogen) atoms. The first kappa shape index (κ1) is 20.4. The van der Waals surface area contributed by atoms with Crippen LogP contribution >= 0.6 is 0 Å². The lowest BCUT2D eigenvalue weighted by Gasteiger charge is -2.27. The van der Waals surface area contributed by atoms with Gasteiger partial charge in [-0.2, -0.15) is 0 Å². The minimum atomic E-state index is -0.327. The Morgan fingerprint density at radius 3 is 2.23 bits per heavy atom. The number of carbonyl (C=O) groups is 3. The summed E-state index contributed by atoms with van der Waals surface area (Å²) < 4.78 is 10.4. The lowest BCUT2D eigenvalue weighted by Crippen LogP contribution is -2.41. The number of imide groups is 1. The highest BCUT2D eigenvalue weighted by atomic mass is 16.5. The number of anilines is 1. The van der Waals surface area contributed by atoms with Gasteiger partial charge in [0.05, 0.1) is 19.9 Å². The van der Waals surface area contributed by atoms with E-state index in [4.69, 9.17) is 9.47 Å². The van der Waals surface area contributed by atoms with Crippen molar-refractivity contribution in [2.45, 2.75) is 12.8 Å². The highest BCUT2D eigenvalue weighted by Crippen LogP contribution is 2.31. The van der Waals surface area contributed by atoms with Gasteiger partial charge in [0.15, 0.2) is 0 Å². The fraction of sp³-hybridized carbons (Fsp3) is 0.208. The number of benzene rings is 3. The first-order chi connectivity index (χ1) is 15.0. The summed E-state index contributed by atoms with van der Waals surface area (Å²) in [4.78, 5) is 39.4. The summed E-state index contributed by atoms with van der Waals surface area (Å²) in [6, 6.07) is 16.0. The lowest BCUT2D eigenvalue weighted by molar-refractivity contribution is -0.116. The highest BCUT2D eigenvalue weighted by Gasteiger charge is 2.32. The van der Waals surface area contributed by atoms with E-state index < -0.39 is 0 Å². The Morgan fingerprint density at radius 1 is 0.935 bits per heavy atom. The molecule has 3 aromatic carbocycles. The van der Waals surface area contributed by atoms with Gasteiger partial charge in [-0.3, -0.25) is 19.3 Å². The lowest BCUT2D eigenvalue weighted by atomic mass is 9.94. The Morgan fingerprint density at radius 2 is 1.61 bits per heavy atom. The van der Waals surface area contributed by atoms with Gasteiger partial charge in [-0.1, -0.05) is 24.3 Å². The zero-order chi connectivity index (χ0) is 22.0. The second kappa shape index (κ2) is 8.47. The van der Waals surface area contributed by atoms with Gasteiger partial charge >= 0.3 is 0 Å². The van der Waals surface area contributed by atoms with Crippen LogP contribution in [0.1, 0.15) is 33.6 Å². The van der Waals surface area contributed by atoms with E-state index in [9.17, 15) is 14.4 Å². The van der Waals surface area contributed by atoms with Crippen molar-refractivity contribution in [3.63, 3.8) is 0 Å². The van der Waals surface area contributed by atoms with Crippen molar-refractivity contribution in [1.29, 1.82) is 0 Å². The van der Waals surface area contributed by atoms with Crippen molar-refractivity contribution >= 4 is 34.2 Å².